The number of hydrogen-bond donors (Lipinski definition) is 1. The van der Waals surface area contributed by atoms with Crippen molar-refractivity contribution in [2.45, 2.75) is 19.1 Å². The number of rotatable bonds is 7. The summed E-state index contributed by atoms with van der Waals surface area (Å²) in [5.74, 6) is 0.669. The van der Waals surface area contributed by atoms with Gasteiger partial charge in [0.15, 0.2) is 0 Å². The molecule has 1 aromatic rings. The van der Waals surface area contributed by atoms with Crippen LogP contribution in [0.1, 0.15) is 12.0 Å². The van der Waals surface area contributed by atoms with Crippen molar-refractivity contribution in [3.05, 3.63) is 29.8 Å². The molecule has 0 radical (unpaired) electrons. The van der Waals surface area contributed by atoms with Gasteiger partial charge in [0.2, 0.25) is 0 Å². The molecule has 2 N–H and O–H groups in total. The van der Waals surface area contributed by atoms with Crippen molar-refractivity contribution in [3.8, 4) is 5.75 Å². The molecule has 0 bridgehead atoms. The fourth-order valence-electron chi connectivity index (χ4n) is 1.26. The van der Waals surface area contributed by atoms with E-state index in [2.05, 4.69) is 4.74 Å². The average molecular weight is 263 g/mol. The van der Waals surface area contributed by atoms with E-state index in [0.29, 0.717) is 25.3 Å². The number of nitrogens with two attached hydrogens (primary N) is 1. The summed E-state index contributed by atoms with van der Waals surface area (Å²) in [6.45, 7) is -0.399. The number of halogens is 3. The normalized spacial score (nSPS) is 11.6. The lowest BCUT2D eigenvalue weighted by Gasteiger charge is -2.09. The molecule has 0 aliphatic rings. The Hall–Kier alpha value is -1.27. The molecule has 0 saturated heterocycles. The predicted molar refractivity (Wildman–Crippen MR) is 61.3 cm³/mol. The van der Waals surface area contributed by atoms with Crippen molar-refractivity contribution >= 4 is 0 Å². The molecule has 0 aromatic heterocycles. The third-order valence-corrected chi connectivity index (χ3v) is 2.13. The molecule has 6 heteroatoms. The van der Waals surface area contributed by atoms with Gasteiger partial charge in [-0.05, 0) is 17.7 Å². The van der Waals surface area contributed by atoms with Gasteiger partial charge >= 0.3 is 6.18 Å². The molecule has 1 rings (SSSR count). The van der Waals surface area contributed by atoms with Crippen molar-refractivity contribution in [1.82, 2.24) is 0 Å². The first-order valence-electron chi connectivity index (χ1n) is 5.57. The maximum absolute atomic E-state index is 11.7. The summed E-state index contributed by atoms with van der Waals surface area (Å²) in [5.41, 5.74) is 6.44. The van der Waals surface area contributed by atoms with E-state index >= 15 is 0 Å². The topological polar surface area (TPSA) is 44.5 Å². The van der Waals surface area contributed by atoms with Crippen LogP contribution in [0.15, 0.2) is 24.3 Å². The Labute approximate surface area is 104 Å². The fourth-order valence-corrected chi connectivity index (χ4v) is 1.26. The molecular weight excluding hydrogens is 247 g/mol. The Morgan fingerprint density at radius 3 is 2.28 bits per heavy atom. The lowest BCUT2D eigenvalue weighted by Crippen LogP contribution is -2.18. The van der Waals surface area contributed by atoms with Crippen molar-refractivity contribution in [1.29, 1.82) is 0 Å². The highest BCUT2D eigenvalue weighted by Crippen LogP contribution is 2.15. The van der Waals surface area contributed by atoms with Crippen LogP contribution in [0.2, 0.25) is 0 Å². The summed E-state index contributed by atoms with van der Waals surface area (Å²) >= 11 is 0. The SMILES string of the molecule is NCc1ccc(OCCCOCC(F)(F)F)cc1. The molecule has 0 atom stereocenters. The van der Waals surface area contributed by atoms with Crippen molar-refractivity contribution in [2.24, 2.45) is 5.73 Å². The van der Waals surface area contributed by atoms with Gasteiger partial charge in [-0.15, -0.1) is 0 Å². The fraction of sp³-hybridized carbons (Fsp3) is 0.500. The van der Waals surface area contributed by atoms with E-state index in [-0.39, 0.29) is 6.61 Å². The number of ether oxygens (including phenoxy) is 2. The average Bonchev–Trinajstić information content (AvgIpc) is 2.33. The van der Waals surface area contributed by atoms with Gasteiger partial charge in [0.1, 0.15) is 12.4 Å². The molecule has 0 aliphatic heterocycles. The van der Waals surface area contributed by atoms with Crippen LogP contribution in [0.3, 0.4) is 0 Å². The highest BCUT2D eigenvalue weighted by molar-refractivity contribution is 5.26. The van der Waals surface area contributed by atoms with Crippen molar-refractivity contribution in [3.63, 3.8) is 0 Å². The quantitative estimate of drug-likeness (QED) is 0.769. The van der Waals surface area contributed by atoms with Crippen molar-refractivity contribution < 1.29 is 22.6 Å². The lowest BCUT2D eigenvalue weighted by atomic mass is 10.2. The van der Waals surface area contributed by atoms with Crippen LogP contribution in [0.4, 0.5) is 13.2 Å². The van der Waals surface area contributed by atoms with E-state index in [0.717, 1.165) is 5.56 Å². The molecule has 0 amide bonds. The van der Waals surface area contributed by atoms with Crippen LogP contribution < -0.4 is 10.5 Å². The molecule has 0 unspecified atom stereocenters. The van der Waals surface area contributed by atoms with E-state index in [9.17, 15) is 13.2 Å². The summed E-state index contributed by atoms with van der Waals surface area (Å²) in [5, 5.41) is 0. The van der Waals surface area contributed by atoms with Gasteiger partial charge in [0, 0.05) is 13.0 Å². The van der Waals surface area contributed by atoms with E-state index in [1.807, 2.05) is 12.1 Å². The first-order chi connectivity index (χ1) is 8.51. The summed E-state index contributed by atoms with van der Waals surface area (Å²) < 4.78 is 45.0. The van der Waals surface area contributed by atoms with Crippen LogP contribution >= 0.6 is 0 Å². The Kier molecular flexibility index (Phi) is 5.94. The number of alkyl halides is 3. The van der Waals surface area contributed by atoms with Gasteiger partial charge in [-0.1, -0.05) is 12.1 Å². The van der Waals surface area contributed by atoms with E-state index in [4.69, 9.17) is 10.5 Å². The zero-order valence-electron chi connectivity index (χ0n) is 9.87. The minimum absolute atomic E-state index is 0.0282. The largest absolute Gasteiger partial charge is 0.494 e. The van der Waals surface area contributed by atoms with Gasteiger partial charge in [-0.2, -0.15) is 13.2 Å². The molecule has 102 valence electrons. The molecule has 0 spiro atoms. The third kappa shape index (κ3) is 6.46. The predicted octanol–water partition coefficient (Wildman–Crippen LogP) is 2.49. The standard InChI is InChI=1S/C12H16F3NO2/c13-12(14,15)9-17-6-1-7-18-11-4-2-10(8-16)3-5-11/h2-5H,1,6-9,16H2. The highest BCUT2D eigenvalue weighted by atomic mass is 19.4. The van der Waals surface area contributed by atoms with Crippen LogP contribution in [0, 0.1) is 0 Å². The molecule has 0 heterocycles. The minimum atomic E-state index is -4.26. The molecular formula is C12H16F3NO2. The van der Waals surface area contributed by atoms with E-state index in [1.54, 1.807) is 12.1 Å². The zero-order valence-corrected chi connectivity index (χ0v) is 9.87. The molecule has 1 aromatic carbocycles. The van der Waals surface area contributed by atoms with Gasteiger partial charge in [0.25, 0.3) is 0 Å². The van der Waals surface area contributed by atoms with Gasteiger partial charge in [-0.25, -0.2) is 0 Å². The van der Waals surface area contributed by atoms with Gasteiger partial charge in [-0.3, -0.25) is 0 Å². The lowest BCUT2D eigenvalue weighted by molar-refractivity contribution is -0.174. The number of hydrogen-bond acceptors (Lipinski definition) is 3. The highest BCUT2D eigenvalue weighted by Gasteiger charge is 2.27. The molecule has 0 fully saturated rings. The van der Waals surface area contributed by atoms with Crippen LogP contribution in [0.25, 0.3) is 0 Å². The second-order valence-electron chi connectivity index (χ2n) is 3.72. The zero-order chi connectivity index (χ0) is 13.4. The Morgan fingerprint density at radius 1 is 1.06 bits per heavy atom. The molecule has 0 saturated carbocycles. The van der Waals surface area contributed by atoms with Crippen LogP contribution in [0.5, 0.6) is 5.75 Å². The monoisotopic (exact) mass is 263 g/mol. The molecule has 0 aliphatic carbocycles. The van der Waals surface area contributed by atoms with E-state index < -0.39 is 12.8 Å². The van der Waals surface area contributed by atoms with Crippen molar-refractivity contribution in [2.75, 3.05) is 19.8 Å². The Morgan fingerprint density at radius 2 is 1.72 bits per heavy atom. The maximum atomic E-state index is 11.7. The summed E-state index contributed by atoms with van der Waals surface area (Å²) in [6.07, 6.45) is -3.85. The van der Waals surface area contributed by atoms with Crippen LogP contribution in [-0.4, -0.2) is 26.0 Å². The third-order valence-electron chi connectivity index (χ3n) is 2.13. The second-order valence-corrected chi connectivity index (χ2v) is 3.72. The summed E-state index contributed by atoms with van der Waals surface area (Å²) in [7, 11) is 0. The summed E-state index contributed by atoms with van der Waals surface area (Å²) in [6, 6.07) is 7.24. The molecule has 18 heavy (non-hydrogen) atoms. The number of benzene rings is 1. The smallest absolute Gasteiger partial charge is 0.411 e. The maximum Gasteiger partial charge on any atom is 0.411 e. The second kappa shape index (κ2) is 7.23. The Bertz CT molecular complexity index is 338. The summed E-state index contributed by atoms with van der Waals surface area (Å²) in [4.78, 5) is 0. The van der Waals surface area contributed by atoms with E-state index in [1.165, 1.54) is 0 Å². The first kappa shape index (κ1) is 14.8. The van der Waals surface area contributed by atoms with Crippen LogP contribution in [-0.2, 0) is 11.3 Å². The van der Waals surface area contributed by atoms with Gasteiger partial charge < -0.3 is 15.2 Å². The minimum Gasteiger partial charge on any atom is -0.494 e. The molecule has 3 nitrogen and oxygen atoms in total. The van der Waals surface area contributed by atoms with Gasteiger partial charge in [0.05, 0.1) is 13.2 Å². The first-order valence-corrected chi connectivity index (χ1v) is 5.57. The Balaban J connectivity index is 2.10.